The Kier molecular flexibility index (Phi) is 14.9. The molecule has 1 saturated carbocycles. The van der Waals surface area contributed by atoms with E-state index in [1.54, 1.807) is 6.20 Å². The van der Waals surface area contributed by atoms with Crippen molar-refractivity contribution in [2.75, 3.05) is 18.6 Å². The van der Waals surface area contributed by atoms with Crippen LogP contribution >= 0.6 is 11.8 Å². The first-order valence-corrected chi connectivity index (χ1v) is 18.2. The summed E-state index contributed by atoms with van der Waals surface area (Å²) in [5.41, 5.74) is 11.2. The molecule has 4 atom stereocenters. The summed E-state index contributed by atoms with van der Waals surface area (Å²) in [5.74, 6) is -2.73. The third-order valence-corrected chi connectivity index (χ3v) is 9.52. The topological polar surface area (TPSA) is 230 Å². The number of nitrogens with two attached hydrogens (primary N) is 2. The number of fused-ring (bicyclic) bond motifs is 1. The van der Waals surface area contributed by atoms with E-state index in [0.29, 0.717) is 18.6 Å². The molecule has 0 bridgehead atoms. The van der Waals surface area contributed by atoms with Crippen LogP contribution in [-0.2, 0) is 35.2 Å². The largest absolute Gasteiger partial charge is 0.368 e. The van der Waals surface area contributed by atoms with Crippen molar-refractivity contribution in [3.05, 3.63) is 36.0 Å². The van der Waals surface area contributed by atoms with Gasteiger partial charge in [-0.15, -0.1) is 0 Å². The maximum Gasteiger partial charge on any atom is 0.245 e. The van der Waals surface area contributed by atoms with Crippen LogP contribution in [0.5, 0.6) is 0 Å². The molecule has 2 aromatic rings. The second-order valence-electron chi connectivity index (χ2n) is 13.2. The van der Waals surface area contributed by atoms with Gasteiger partial charge in [0.25, 0.3) is 0 Å². The van der Waals surface area contributed by atoms with Gasteiger partial charge >= 0.3 is 0 Å². The Balaban J connectivity index is 1.74. The van der Waals surface area contributed by atoms with E-state index in [4.69, 9.17) is 11.5 Å². The Morgan fingerprint density at radius 3 is 2.24 bits per heavy atom. The zero-order chi connectivity index (χ0) is 36.1. The van der Waals surface area contributed by atoms with Gasteiger partial charge in [0.15, 0.2) is 0 Å². The lowest BCUT2D eigenvalue weighted by Crippen LogP contribution is -2.62. The highest BCUT2D eigenvalue weighted by Crippen LogP contribution is 2.27. The molecular weight excluding hydrogens is 648 g/mol. The second-order valence-corrected chi connectivity index (χ2v) is 14.2. The van der Waals surface area contributed by atoms with Crippen molar-refractivity contribution in [1.82, 2.24) is 31.6 Å². The molecule has 3 rings (SSSR count). The third-order valence-electron chi connectivity index (χ3n) is 8.88. The SMILES string of the molecule is CSCC[C@H](NC(=O)CN)C(=O)N[C@@H](C)C(=O)NC(C)(C)C(=O)N[C@H](Cc1c[nH]c2ccccc12)C(=O)N[C@H](CC1CCCCC1)C(N)=O. The fourth-order valence-corrected chi connectivity index (χ4v) is 6.42. The second kappa shape index (κ2) is 18.6. The van der Waals surface area contributed by atoms with E-state index >= 15 is 0 Å². The van der Waals surface area contributed by atoms with Crippen molar-refractivity contribution in [3.63, 3.8) is 0 Å². The van der Waals surface area contributed by atoms with Crippen LogP contribution in [0.2, 0.25) is 0 Å². The number of rotatable bonds is 18. The van der Waals surface area contributed by atoms with Gasteiger partial charge in [0.1, 0.15) is 29.7 Å². The lowest BCUT2D eigenvalue weighted by atomic mass is 9.84. The summed E-state index contributed by atoms with van der Waals surface area (Å²) >= 11 is 1.50. The van der Waals surface area contributed by atoms with Crippen LogP contribution in [0, 0.1) is 5.92 Å². The first kappa shape index (κ1) is 39.3. The van der Waals surface area contributed by atoms with Crippen LogP contribution in [0.25, 0.3) is 10.9 Å². The van der Waals surface area contributed by atoms with Gasteiger partial charge in [0.2, 0.25) is 35.4 Å². The molecule has 0 radical (unpaired) electrons. The number of aromatic amines is 1. The number of aromatic nitrogens is 1. The Morgan fingerprint density at radius 1 is 0.918 bits per heavy atom. The van der Waals surface area contributed by atoms with E-state index in [-0.39, 0.29) is 18.9 Å². The molecule has 1 fully saturated rings. The van der Waals surface area contributed by atoms with Crippen molar-refractivity contribution in [3.8, 4) is 0 Å². The van der Waals surface area contributed by atoms with Crippen molar-refractivity contribution < 1.29 is 28.8 Å². The highest BCUT2D eigenvalue weighted by Gasteiger charge is 2.36. The maximum atomic E-state index is 13.8. The van der Waals surface area contributed by atoms with Crippen LogP contribution in [0.3, 0.4) is 0 Å². The van der Waals surface area contributed by atoms with Gasteiger partial charge in [-0.1, -0.05) is 50.3 Å². The molecule has 49 heavy (non-hydrogen) atoms. The van der Waals surface area contributed by atoms with E-state index in [1.165, 1.54) is 32.5 Å². The van der Waals surface area contributed by atoms with Gasteiger partial charge in [-0.05, 0) is 63.2 Å². The summed E-state index contributed by atoms with van der Waals surface area (Å²) in [6.07, 6.45) is 9.68. The van der Waals surface area contributed by atoms with Gasteiger partial charge in [0, 0.05) is 23.5 Å². The molecule has 10 N–H and O–H groups in total. The maximum absolute atomic E-state index is 13.8. The number of carbonyl (C=O) groups excluding carboxylic acids is 6. The summed E-state index contributed by atoms with van der Waals surface area (Å²) in [4.78, 5) is 81.1. The number of hydrogen-bond donors (Lipinski definition) is 8. The molecule has 0 saturated heterocycles. The lowest BCUT2D eigenvalue weighted by molar-refractivity contribution is -0.137. The number of para-hydroxylation sites is 1. The van der Waals surface area contributed by atoms with E-state index < -0.39 is 65.1 Å². The summed E-state index contributed by atoms with van der Waals surface area (Å²) in [7, 11) is 0. The normalized spacial score (nSPS) is 16.1. The molecule has 1 aromatic carbocycles. The predicted molar refractivity (Wildman–Crippen MR) is 190 cm³/mol. The van der Waals surface area contributed by atoms with Crippen molar-refractivity contribution >= 4 is 58.1 Å². The Labute approximate surface area is 291 Å². The van der Waals surface area contributed by atoms with Crippen LogP contribution in [-0.4, -0.2) is 88.7 Å². The minimum Gasteiger partial charge on any atom is -0.368 e. The molecular formula is C34H52N8O6S. The highest BCUT2D eigenvalue weighted by atomic mass is 32.2. The van der Waals surface area contributed by atoms with Crippen molar-refractivity contribution in [2.24, 2.45) is 17.4 Å². The number of nitrogens with one attached hydrogen (secondary N) is 6. The van der Waals surface area contributed by atoms with Gasteiger partial charge in [-0.2, -0.15) is 11.8 Å². The highest BCUT2D eigenvalue weighted by molar-refractivity contribution is 7.98. The van der Waals surface area contributed by atoms with E-state index in [2.05, 4.69) is 31.6 Å². The Morgan fingerprint density at radius 2 is 1.59 bits per heavy atom. The van der Waals surface area contributed by atoms with E-state index in [9.17, 15) is 28.8 Å². The van der Waals surface area contributed by atoms with Gasteiger partial charge in [-0.3, -0.25) is 28.8 Å². The van der Waals surface area contributed by atoms with Crippen LogP contribution in [0.15, 0.2) is 30.5 Å². The predicted octanol–water partition coefficient (Wildman–Crippen LogP) is 0.732. The van der Waals surface area contributed by atoms with Gasteiger partial charge < -0.3 is 43.0 Å². The summed E-state index contributed by atoms with van der Waals surface area (Å²) in [6.45, 7) is 4.13. The number of carbonyl (C=O) groups is 6. The van der Waals surface area contributed by atoms with Crippen LogP contribution < -0.4 is 38.1 Å². The van der Waals surface area contributed by atoms with Crippen molar-refractivity contribution in [1.29, 1.82) is 0 Å². The zero-order valence-electron chi connectivity index (χ0n) is 28.9. The number of H-pyrrole nitrogens is 1. The molecule has 6 amide bonds. The molecule has 1 aliphatic carbocycles. The molecule has 1 aliphatic rings. The standard InChI is InChI=1S/C34H52N8O6S/c1-20(38-31(46)25(14-15-49-4)39-28(43)18-35)30(45)42-34(2,3)33(48)41-27(17-22-19-37-24-13-9-8-12-23(22)24)32(47)40-26(29(36)44)16-21-10-6-5-7-11-21/h8-9,12-13,19-21,25-27,37H,5-7,10-11,14-18,35H2,1-4H3,(H2,36,44)(H,38,46)(H,39,43)(H,40,47)(H,41,48)(H,42,45)/t20-,25-,26+,27+/m0/s1. The summed E-state index contributed by atoms with van der Waals surface area (Å²) in [6, 6.07) is 3.59. The average Bonchev–Trinajstić information content (AvgIpc) is 3.48. The molecule has 15 heteroatoms. The Bertz CT molecular complexity index is 1470. The molecule has 0 spiro atoms. The van der Waals surface area contributed by atoms with Crippen molar-refractivity contribution in [2.45, 2.75) is 102 Å². The van der Waals surface area contributed by atoms with Gasteiger partial charge in [0.05, 0.1) is 6.54 Å². The molecule has 1 aromatic heterocycles. The number of hydrogen-bond acceptors (Lipinski definition) is 8. The third kappa shape index (κ3) is 11.8. The molecule has 1 heterocycles. The molecule has 270 valence electrons. The number of thioether (sulfide) groups is 1. The minimum absolute atomic E-state index is 0.0962. The van der Waals surface area contributed by atoms with Gasteiger partial charge in [-0.25, -0.2) is 0 Å². The molecule has 0 unspecified atom stereocenters. The number of primary amides is 1. The summed E-state index contributed by atoms with van der Waals surface area (Å²) in [5, 5.41) is 14.3. The smallest absolute Gasteiger partial charge is 0.245 e. The Hall–Kier alpha value is -4.11. The lowest BCUT2D eigenvalue weighted by Gasteiger charge is -2.30. The minimum atomic E-state index is -1.52. The first-order valence-electron chi connectivity index (χ1n) is 16.8. The number of benzene rings is 1. The quantitative estimate of drug-likeness (QED) is 0.110. The van der Waals surface area contributed by atoms with E-state index in [0.717, 1.165) is 48.6 Å². The zero-order valence-corrected chi connectivity index (χ0v) is 29.7. The molecule has 0 aliphatic heterocycles. The summed E-state index contributed by atoms with van der Waals surface area (Å²) < 4.78 is 0. The fraction of sp³-hybridized carbons (Fsp3) is 0.588. The number of amides is 6. The van der Waals surface area contributed by atoms with Crippen LogP contribution in [0.4, 0.5) is 0 Å². The van der Waals surface area contributed by atoms with E-state index in [1.807, 2.05) is 30.5 Å². The van der Waals surface area contributed by atoms with Crippen LogP contribution in [0.1, 0.15) is 71.3 Å². The monoisotopic (exact) mass is 700 g/mol. The average molecular weight is 701 g/mol. The first-order chi connectivity index (χ1) is 23.2. The fourth-order valence-electron chi connectivity index (χ4n) is 5.95. The molecule has 14 nitrogen and oxygen atoms in total.